The van der Waals surface area contributed by atoms with Crippen molar-refractivity contribution >= 4 is 0 Å². The first-order valence-electron chi connectivity index (χ1n) is 6.42. The fourth-order valence-corrected chi connectivity index (χ4v) is 3.00. The molecule has 1 aliphatic rings. The lowest BCUT2D eigenvalue weighted by Crippen LogP contribution is -2.25. The lowest BCUT2D eigenvalue weighted by molar-refractivity contribution is 0.0238. The number of aliphatic hydroxyl groups is 1. The van der Waals surface area contributed by atoms with Crippen molar-refractivity contribution in [3.63, 3.8) is 0 Å². The fraction of sp³-hybridized carbons (Fsp3) is 0.600. The minimum absolute atomic E-state index is 0.148. The summed E-state index contributed by atoms with van der Waals surface area (Å²) in [4.78, 5) is 0. The summed E-state index contributed by atoms with van der Waals surface area (Å²) in [6.45, 7) is 4.30. The van der Waals surface area contributed by atoms with E-state index in [4.69, 9.17) is 0 Å². The lowest BCUT2D eigenvalue weighted by atomic mass is 9.75. The molecule has 0 radical (unpaired) electrons. The van der Waals surface area contributed by atoms with E-state index >= 15 is 0 Å². The van der Waals surface area contributed by atoms with Gasteiger partial charge in [-0.2, -0.15) is 0 Å². The third-order valence-corrected chi connectivity index (χ3v) is 4.28. The smallest absolute Gasteiger partial charge is 0.0846 e. The summed E-state index contributed by atoms with van der Waals surface area (Å²) in [6, 6.07) is 8.35. The van der Waals surface area contributed by atoms with Crippen molar-refractivity contribution < 1.29 is 5.11 Å². The van der Waals surface area contributed by atoms with Crippen molar-refractivity contribution in [2.45, 2.75) is 52.1 Å². The van der Waals surface area contributed by atoms with Gasteiger partial charge in [0.25, 0.3) is 0 Å². The quantitative estimate of drug-likeness (QED) is 0.813. The van der Waals surface area contributed by atoms with Gasteiger partial charge in [0.1, 0.15) is 0 Å². The Morgan fingerprint density at radius 2 is 1.75 bits per heavy atom. The van der Waals surface area contributed by atoms with Crippen LogP contribution in [0.15, 0.2) is 24.3 Å². The first-order valence-corrected chi connectivity index (χ1v) is 6.42. The zero-order valence-electron chi connectivity index (χ0n) is 10.4. The molecule has 0 bridgehead atoms. The highest BCUT2D eigenvalue weighted by Gasteiger charge is 2.39. The van der Waals surface area contributed by atoms with Gasteiger partial charge in [-0.15, -0.1) is 0 Å². The third kappa shape index (κ3) is 2.01. The summed E-state index contributed by atoms with van der Waals surface area (Å²) in [5, 5.41) is 10.6. The molecule has 0 aliphatic heterocycles. The third-order valence-electron chi connectivity index (χ3n) is 4.28. The van der Waals surface area contributed by atoms with Crippen LogP contribution in [0.2, 0.25) is 0 Å². The fourth-order valence-electron chi connectivity index (χ4n) is 3.00. The lowest BCUT2D eigenvalue weighted by Gasteiger charge is -2.33. The van der Waals surface area contributed by atoms with Crippen LogP contribution >= 0.6 is 0 Å². The van der Waals surface area contributed by atoms with Gasteiger partial charge in [-0.05, 0) is 31.7 Å². The molecule has 1 heteroatoms. The van der Waals surface area contributed by atoms with Crippen LogP contribution in [0.5, 0.6) is 0 Å². The topological polar surface area (TPSA) is 20.2 Å². The molecular formula is C15H22O. The van der Waals surface area contributed by atoms with Crippen LogP contribution < -0.4 is 0 Å². The van der Waals surface area contributed by atoms with Crippen molar-refractivity contribution in [3.8, 4) is 0 Å². The molecule has 16 heavy (non-hydrogen) atoms. The molecule has 1 N–H and O–H groups in total. The zero-order chi connectivity index (χ0) is 11.6. The summed E-state index contributed by atoms with van der Waals surface area (Å²) in [5.74, 6) is 0. The van der Waals surface area contributed by atoms with Crippen molar-refractivity contribution in [2.75, 3.05) is 0 Å². The van der Waals surface area contributed by atoms with Crippen molar-refractivity contribution in [1.82, 2.24) is 0 Å². The van der Waals surface area contributed by atoms with E-state index in [1.54, 1.807) is 0 Å². The molecule has 1 fully saturated rings. The van der Waals surface area contributed by atoms with E-state index in [0.717, 1.165) is 12.0 Å². The summed E-state index contributed by atoms with van der Waals surface area (Å²) < 4.78 is 0. The first-order chi connectivity index (χ1) is 7.68. The number of aryl methyl sites for hydroxylation is 1. The van der Waals surface area contributed by atoms with E-state index in [0.29, 0.717) is 0 Å². The minimum Gasteiger partial charge on any atom is -0.388 e. The molecule has 2 rings (SSSR count). The molecule has 0 aromatic heterocycles. The Labute approximate surface area is 98.5 Å². The van der Waals surface area contributed by atoms with Gasteiger partial charge >= 0.3 is 0 Å². The molecule has 0 heterocycles. The first kappa shape index (κ1) is 11.7. The average Bonchev–Trinajstić information content (AvgIpc) is 2.79. The second kappa shape index (κ2) is 4.58. The summed E-state index contributed by atoms with van der Waals surface area (Å²) in [5.41, 5.74) is 2.50. The summed E-state index contributed by atoms with van der Waals surface area (Å²) >= 11 is 0. The predicted molar refractivity (Wildman–Crippen MR) is 67.3 cm³/mol. The van der Waals surface area contributed by atoms with Gasteiger partial charge < -0.3 is 5.11 Å². The Morgan fingerprint density at radius 1 is 1.19 bits per heavy atom. The zero-order valence-corrected chi connectivity index (χ0v) is 10.4. The molecule has 0 saturated heterocycles. The SMILES string of the molecule is CCC1(C(O)c2ccc(C)cc2)CCCC1. The Morgan fingerprint density at radius 3 is 2.25 bits per heavy atom. The van der Waals surface area contributed by atoms with Crippen LogP contribution in [-0.2, 0) is 0 Å². The highest BCUT2D eigenvalue weighted by molar-refractivity contribution is 5.24. The van der Waals surface area contributed by atoms with Crippen LogP contribution in [0.25, 0.3) is 0 Å². The molecule has 1 unspecified atom stereocenters. The van der Waals surface area contributed by atoms with Crippen LogP contribution in [0, 0.1) is 12.3 Å². The van der Waals surface area contributed by atoms with E-state index in [-0.39, 0.29) is 11.5 Å². The Bertz CT molecular complexity index is 333. The number of aliphatic hydroxyl groups excluding tert-OH is 1. The molecule has 1 atom stereocenters. The maximum Gasteiger partial charge on any atom is 0.0846 e. The number of benzene rings is 1. The molecular weight excluding hydrogens is 196 g/mol. The van der Waals surface area contributed by atoms with Gasteiger partial charge in [-0.3, -0.25) is 0 Å². The molecule has 0 amide bonds. The molecule has 88 valence electrons. The van der Waals surface area contributed by atoms with E-state index in [2.05, 4.69) is 38.1 Å². The molecule has 1 aromatic rings. The second-order valence-corrected chi connectivity index (χ2v) is 5.24. The van der Waals surface area contributed by atoms with Gasteiger partial charge in [0.2, 0.25) is 0 Å². The normalized spacial score (nSPS) is 20.9. The average molecular weight is 218 g/mol. The maximum absolute atomic E-state index is 10.6. The highest BCUT2D eigenvalue weighted by atomic mass is 16.3. The molecule has 1 nitrogen and oxygen atoms in total. The van der Waals surface area contributed by atoms with Crippen molar-refractivity contribution in [3.05, 3.63) is 35.4 Å². The van der Waals surface area contributed by atoms with Crippen molar-refractivity contribution in [2.24, 2.45) is 5.41 Å². The summed E-state index contributed by atoms with van der Waals surface area (Å²) in [6.07, 6.45) is 5.72. The van der Waals surface area contributed by atoms with Crippen LogP contribution in [0.3, 0.4) is 0 Å². The van der Waals surface area contributed by atoms with Crippen LogP contribution in [-0.4, -0.2) is 5.11 Å². The molecule has 1 aliphatic carbocycles. The van der Waals surface area contributed by atoms with Gasteiger partial charge in [0, 0.05) is 5.41 Å². The summed E-state index contributed by atoms with van der Waals surface area (Å²) in [7, 11) is 0. The number of hydrogen-bond acceptors (Lipinski definition) is 1. The van der Waals surface area contributed by atoms with Crippen LogP contribution in [0.4, 0.5) is 0 Å². The highest BCUT2D eigenvalue weighted by Crippen LogP contribution is 2.49. The van der Waals surface area contributed by atoms with E-state index in [9.17, 15) is 5.11 Å². The standard InChI is InChI=1S/C15H22O/c1-3-15(10-4-5-11-15)14(16)13-8-6-12(2)7-9-13/h6-9,14,16H,3-5,10-11H2,1-2H3. The predicted octanol–water partition coefficient (Wildman–Crippen LogP) is 4.00. The maximum atomic E-state index is 10.6. The number of hydrogen-bond donors (Lipinski definition) is 1. The number of rotatable bonds is 3. The Kier molecular flexibility index (Phi) is 3.34. The van der Waals surface area contributed by atoms with Crippen molar-refractivity contribution in [1.29, 1.82) is 0 Å². The van der Waals surface area contributed by atoms with Gasteiger partial charge in [-0.1, -0.05) is 49.6 Å². The van der Waals surface area contributed by atoms with Crippen LogP contribution in [0.1, 0.15) is 56.3 Å². The van der Waals surface area contributed by atoms with Gasteiger partial charge in [0.05, 0.1) is 6.10 Å². The van der Waals surface area contributed by atoms with E-state index in [1.165, 1.54) is 31.2 Å². The second-order valence-electron chi connectivity index (χ2n) is 5.24. The minimum atomic E-state index is -0.277. The van der Waals surface area contributed by atoms with E-state index in [1.807, 2.05) is 0 Å². The molecule has 0 spiro atoms. The van der Waals surface area contributed by atoms with Gasteiger partial charge in [0.15, 0.2) is 0 Å². The molecule has 1 saturated carbocycles. The Hall–Kier alpha value is -0.820. The largest absolute Gasteiger partial charge is 0.388 e. The molecule has 1 aromatic carbocycles. The Balaban J connectivity index is 2.23. The van der Waals surface area contributed by atoms with Gasteiger partial charge in [-0.25, -0.2) is 0 Å². The monoisotopic (exact) mass is 218 g/mol. The van der Waals surface area contributed by atoms with E-state index < -0.39 is 0 Å².